The average Bonchev–Trinajstić information content (AvgIpc) is 2.67. The van der Waals surface area contributed by atoms with Crippen molar-refractivity contribution in [1.29, 1.82) is 0 Å². The van der Waals surface area contributed by atoms with Crippen LogP contribution in [0.4, 0.5) is 10.1 Å². The van der Waals surface area contributed by atoms with Crippen LogP contribution in [0, 0.1) is 5.82 Å². The third-order valence-corrected chi connectivity index (χ3v) is 4.38. The van der Waals surface area contributed by atoms with Crippen LogP contribution in [0.2, 0.25) is 5.02 Å². The van der Waals surface area contributed by atoms with Crippen LogP contribution in [-0.2, 0) is 16.0 Å². The summed E-state index contributed by atoms with van der Waals surface area (Å²) in [5.74, 6) is -0.269. The Morgan fingerprint density at radius 3 is 2.45 bits per heavy atom. The van der Waals surface area contributed by atoms with Crippen LogP contribution in [0.3, 0.4) is 0 Å². The molecule has 1 N–H and O–H groups in total. The van der Waals surface area contributed by atoms with Crippen LogP contribution in [0.1, 0.15) is 19.4 Å². The number of halogens is 2. The number of carbonyl (C=O) groups is 2. The third kappa shape index (κ3) is 6.35. The SMILES string of the molecule is CCOc1ccc(NC(=O)CN(C)C(=O)Cc2c(F)cccc2Cl)cc1OCC. The van der Waals surface area contributed by atoms with Gasteiger partial charge in [-0.3, -0.25) is 9.59 Å². The molecule has 2 aromatic carbocycles. The predicted octanol–water partition coefficient (Wildman–Crippen LogP) is 3.92. The fraction of sp³-hybridized carbons (Fsp3) is 0.333. The van der Waals surface area contributed by atoms with Gasteiger partial charge in [0.15, 0.2) is 11.5 Å². The summed E-state index contributed by atoms with van der Waals surface area (Å²) in [4.78, 5) is 25.9. The molecule has 0 fully saturated rings. The number of ether oxygens (including phenoxy) is 2. The van der Waals surface area contributed by atoms with Crippen LogP contribution in [0.25, 0.3) is 0 Å². The number of likely N-dealkylation sites (N-methyl/N-ethyl adjacent to an activating group) is 1. The fourth-order valence-corrected chi connectivity index (χ4v) is 2.85. The fourth-order valence-electron chi connectivity index (χ4n) is 2.62. The summed E-state index contributed by atoms with van der Waals surface area (Å²) in [5, 5.41) is 2.89. The number of rotatable bonds is 9. The van der Waals surface area contributed by atoms with Crippen LogP contribution in [0.5, 0.6) is 11.5 Å². The Labute approximate surface area is 174 Å². The van der Waals surface area contributed by atoms with Gasteiger partial charge in [-0.2, -0.15) is 0 Å². The van der Waals surface area contributed by atoms with E-state index >= 15 is 0 Å². The molecule has 0 aliphatic rings. The molecule has 8 heteroatoms. The maximum atomic E-state index is 13.9. The van der Waals surface area contributed by atoms with E-state index in [1.807, 2.05) is 13.8 Å². The van der Waals surface area contributed by atoms with Gasteiger partial charge in [0, 0.05) is 29.4 Å². The van der Waals surface area contributed by atoms with Gasteiger partial charge in [0.05, 0.1) is 26.2 Å². The molecule has 156 valence electrons. The van der Waals surface area contributed by atoms with Crippen molar-refractivity contribution in [3.63, 3.8) is 0 Å². The molecule has 6 nitrogen and oxygen atoms in total. The number of nitrogens with one attached hydrogen (secondary N) is 1. The quantitative estimate of drug-likeness (QED) is 0.665. The zero-order chi connectivity index (χ0) is 21.4. The van der Waals surface area contributed by atoms with E-state index in [4.69, 9.17) is 21.1 Å². The maximum absolute atomic E-state index is 13.9. The minimum atomic E-state index is -0.554. The first-order valence-electron chi connectivity index (χ1n) is 9.22. The number of hydrogen-bond donors (Lipinski definition) is 1. The Bertz CT molecular complexity index is 856. The number of anilines is 1. The average molecular weight is 423 g/mol. The van der Waals surface area contributed by atoms with Crippen molar-refractivity contribution < 1.29 is 23.5 Å². The summed E-state index contributed by atoms with van der Waals surface area (Å²) in [6.45, 7) is 4.47. The topological polar surface area (TPSA) is 67.9 Å². The Balaban J connectivity index is 1.99. The van der Waals surface area contributed by atoms with E-state index in [2.05, 4.69) is 5.32 Å². The Morgan fingerprint density at radius 1 is 1.10 bits per heavy atom. The van der Waals surface area contributed by atoms with Crippen molar-refractivity contribution in [3.8, 4) is 11.5 Å². The second kappa shape index (κ2) is 10.7. The van der Waals surface area contributed by atoms with Gasteiger partial charge in [0.1, 0.15) is 5.82 Å². The van der Waals surface area contributed by atoms with E-state index in [1.54, 1.807) is 18.2 Å². The number of hydrogen-bond acceptors (Lipinski definition) is 4. The monoisotopic (exact) mass is 422 g/mol. The van der Waals surface area contributed by atoms with E-state index in [0.29, 0.717) is 30.4 Å². The summed E-state index contributed by atoms with van der Waals surface area (Å²) >= 11 is 5.95. The lowest BCUT2D eigenvalue weighted by Crippen LogP contribution is -2.36. The van der Waals surface area contributed by atoms with Gasteiger partial charge in [-0.15, -0.1) is 0 Å². The standard InChI is InChI=1S/C21H24ClFN2O4/c1-4-28-18-10-9-14(11-19(18)29-5-2)24-20(26)13-25(3)21(27)12-15-16(22)7-6-8-17(15)23/h6-11H,4-5,12-13H2,1-3H3,(H,24,26). The summed E-state index contributed by atoms with van der Waals surface area (Å²) in [7, 11) is 1.47. The summed E-state index contributed by atoms with van der Waals surface area (Å²) in [6.07, 6.45) is -0.229. The molecule has 0 heterocycles. The van der Waals surface area contributed by atoms with Crippen molar-refractivity contribution in [2.24, 2.45) is 0 Å². The van der Waals surface area contributed by atoms with Crippen molar-refractivity contribution in [1.82, 2.24) is 4.90 Å². The van der Waals surface area contributed by atoms with Crippen LogP contribution in [-0.4, -0.2) is 43.5 Å². The van der Waals surface area contributed by atoms with E-state index < -0.39 is 17.6 Å². The molecule has 0 aliphatic heterocycles. The molecule has 2 amide bonds. The molecule has 0 saturated heterocycles. The van der Waals surface area contributed by atoms with Crippen LogP contribution in [0.15, 0.2) is 36.4 Å². The van der Waals surface area contributed by atoms with E-state index in [-0.39, 0.29) is 23.6 Å². The molecule has 0 bridgehead atoms. The van der Waals surface area contributed by atoms with Crippen molar-refractivity contribution >= 4 is 29.1 Å². The van der Waals surface area contributed by atoms with E-state index in [9.17, 15) is 14.0 Å². The van der Waals surface area contributed by atoms with Crippen LogP contribution < -0.4 is 14.8 Å². The molecular weight excluding hydrogens is 399 g/mol. The molecular formula is C21H24ClFN2O4. The molecule has 0 atom stereocenters. The van der Waals surface area contributed by atoms with Gasteiger partial charge < -0.3 is 19.7 Å². The molecule has 0 aliphatic carbocycles. The lowest BCUT2D eigenvalue weighted by molar-refractivity contribution is -0.132. The highest BCUT2D eigenvalue weighted by Gasteiger charge is 2.18. The maximum Gasteiger partial charge on any atom is 0.243 e. The molecule has 0 spiro atoms. The summed E-state index contributed by atoms with van der Waals surface area (Å²) < 4.78 is 24.9. The van der Waals surface area contributed by atoms with Gasteiger partial charge in [-0.25, -0.2) is 4.39 Å². The van der Waals surface area contributed by atoms with Gasteiger partial charge in [0.2, 0.25) is 11.8 Å². The van der Waals surface area contributed by atoms with Gasteiger partial charge in [-0.1, -0.05) is 17.7 Å². The first-order chi connectivity index (χ1) is 13.8. The zero-order valence-electron chi connectivity index (χ0n) is 16.6. The van der Waals surface area contributed by atoms with Gasteiger partial charge in [0.25, 0.3) is 0 Å². The molecule has 2 aromatic rings. The Morgan fingerprint density at radius 2 is 1.79 bits per heavy atom. The minimum Gasteiger partial charge on any atom is -0.490 e. The zero-order valence-corrected chi connectivity index (χ0v) is 17.4. The highest BCUT2D eigenvalue weighted by molar-refractivity contribution is 6.31. The second-order valence-electron chi connectivity index (χ2n) is 6.20. The third-order valence-electron chi connectivity index (χ3n) is 4.02. The smallest absolute Gasteiger partial charge is 0.243 e. The van der Waals surface area contributed by atoms with E-state index in [1.165, 1.54) is 30.1 Å². The number of benzene rings is 2. The normalized spacial score (nSPS) is 10.4. The van der Waals surface area contributed by atoms with Crippen molar-refractivity contribution in [2.75, 3.05) is 32.1 Å². The lowest BCUT2D eigenvalue weighted by Gasteiger charge is -2.18. The van der Waals surface area contributed by atoms with Crippen LogP contribution >= 0.6 is 11.6 Å². The molecule has 0 saturated carbocycles. The Kier molecular flexibility index (Phi) is 8.27. The Hall–Kier alpha value is -2.80. The number of nitrogens with zero attached hydrogens (tertiary/aromatic N) is 1. The second-order valence-corrected chi connectivity index (χ2v) is 6.61. The molecule has 0 aromatic heterocycles. The van der Waals surface area contributed by atoms with Crippen molar-refractivity contribution in [3.05, 3.63) is 52.8 Å². The highest BCUT2D eigenvalue weighted by atomic mass is 35.5. The van der Waals surface area contributed by atoms with Crippen molar-refractivity contribution in [2.45, 2.75) is 20.3 Å². The number of amides is 2. The predicted molar refractivity (Wildman–Crippen MR) is 110 cm³/mol. The summed E-state index contributed by atoms with van der Waals surface area (Å²) in [5.41, 5.74) is 0.624. The van der Waals surface area contributed by atoms with Gasteiger partial charge in [-0.05, 0) is 38.1 Å². The first-order valence-corrected chi connectivity index (χ1v) is 9.59. The first kappa shape index (κ1) is 22.5. The largest absolute Gasteiger partial charge is 0.490 e. The highest BCUT2D eigenvalue weighted by Crippen LogP contribution is 2.30. The minimum absolute atomic E-state index is 0.110. The molecule has 0 radical (unpaired) electrons. The number of carbonyl (C=O) groups excluding carboxylic acids is 2. The van der Waals surface area contributed by atoms with Gasteiger partial charge >= 0.3 is 0 Å². The molecule has 29 heavy (non-hydrogen) atoms. The molecule has 0 unspecified atom stereocenters. The summed E-state index contributed by atoms with van der Waals surface area (Å²) in [6, 6.07) is 9.28. The van der Waals surface area contributed by atoms with E-state index in [0.717, 1.165) is 0 Å². The molecule has 2 rings (SSSR count). The lowest BCUT2D eigenvalue weighted by atomic mass is 10.1.